The van der Waals surface area contributed by atoms with Crippen molar-refractivity contribution in [2.24, 2.45) is 4.99 Å². The van der Waals surface area contributed by atoms with Crippen LogP contribution in [0.1, 0.15) is 11.1 Å². The summed E-state index contributed by atoms with van der Waals surface area (Å²) in [5.41, 5.74) is 2.04. The average molecular weight is 168 g/mol. The van der Waals surface area contributed by atoms with Gasteiger partial charge in [0.1, 0.15) is 5.75 Å². The van der Waals surface area contributed by atoms with Crippen molar-refractivity contribution >= 4 is 17.8 Å². The van der Waals surface area contributed by atoms with Gasteiger partial charge in [0.05, 0.1) is 11.6 Å². The van der Waals surface area contributed by atoms with Crippen molar-refractivity contribution in [2.45, 2.75) is 6.54 Å². The summed E-state index contributed by atoms with van der Waals surface area (Å²) in [6.45, 7) is 0.653. The number of phenolic OH excluding ortho intramolecular Hbond substituents is 1. The van der Waals surface area contributed by atoms with Crippen LogP contribution in [0, 0.1) is 0 Å². The first-order valence-electron chi connectivity index (χ1n) is 3.28. The molecule has 2 nitrogen and oxygen atoms in total. The van der Waals surface area contributed by atoms with Gasteiger partial charge in [-0.25, -0.2) is 0 Å². The molecule has 0 saturated carbocycles. The summed E-state index contributed by atoms with van der Waals surface area (Å²) in [5.74, 6) is 0.135. The molecule has 3 heteroatoms. The van der Waals surface area contributed by atoms with Crippen molar-refractivity contribution in [3.8, 4) is 5.75 Å². The van der Waals surface area contributed by atoms with Crippen molar-refractivity contribution in [3.63, 3.8) is 0 Å². The van der Waals surface area contributed by atoms with Crippen molar-refractivity contribution in [2.75, 3.05) is 0 Å². The smallest absolute Gasteiger partial charge is 0.134 e. The normalized spacial score (nSPS) is 13.5. The van der Waals surface area contributed by atoms with Crippen LogP contribution in [0.2, 0.25) is 5.02 Å². The van der Waals surface area contributed by atoms with E-state index in [-0.39, 0.29) is 5.75 Å². The van der Waals surface area contributed by atoms with Gasteiger partial charge in [-0.2, -0.15) is 0 Å². The fraction of sp³-hybridized carbons (Fsp3) is 0.125. The number of phenols is 1. The highest BCUT2D eigenvalue weighted by atomic mass is 35.5. The Morgan fingerprint density at radius 3 is 3.09 bits per heavy atom. The molecule has 1 aromatic rings. The van der Waals surface area contributed by atoms with E-state index in [0.717, 1.165) is 11.1 Å². The first-order chi connectivity index (χ1) is 5.27. The van der Waals surface area contributed by atoms with Gasteiger partial charge >= 0.3 is 0 Å². The van der Waals surface area contributed by atoms with Gasteiger partial charge in [0.25, 0.3) is 0 Å². The molecule has 0 unspecified atom stereocenters. The van der Waals surface area contributed by atoms with E-state index in [0.29, 0.717) is 11.6 Å². The van der Waals surface area contributed by atoms with Crippen LogP contribution in [-0.4, -0.2) is 11.3 Å². The predicted molar refractivity (Wildman–Crippen MR) is 44.4 cm³/mol. The van der Waals surface area contributed by atoms with E-state index >= 15 is 0 Å². The maximum Gasteiger partial charge on any atom is 0.134 e. The molecule has 0 bridgehead atoms. The van der Waals surface area contributed by atoms with E-state index in [2.05, 4.69) is 4.99 Å². The van der Waals surface area contributed by atoms with Crippen molar-refractivity contribution in [1.82, 2.24) is 0 Å². The van der Waals surface area contributed by atoms with E-state index in [1.165, 1.54) is 0 Å². The molecule has 56 valence electrons. The maximum atomic E-state index is 9.20. The number of aliphatic imine (C=N–C) groups is 1. The van der Waals surface area contributed by atoms with Crippen molar-refractivity contribution in [3.05, 3.63) is 28.3 Å². The topological polar surface area (TPSA) is 32.6 Å². The molecule has 0 fully saturated rings. The molecule has 2 rings (SSSR count). The van der Waals surface area contributed by atoms with Crippen LogP contribution in [0.4, 0.5) is 0 Å². The zero-order valence-electron chi connectivity index (χ0n) is 5.71. The Morgan fingerprint density at radius 2 is 2.27 bits per heavy atom. The molecule has 1 heterocycles. The molecule has 0 radical (unpaired) electrons. The lowest BCUT2D eigenvalue weighted by atomic mass is 10.1. The molecule has 11 heavy (non-hydrogen) atoms. The predicted octanol–water partition coefficient (Wildman–Crippen LogP) is 1.98. The standard InChI is InChI=1S/C8H6ClNO/c9-7-1-5-3-10-4-6(5)2-8(7)11/h1-3,11H,4H2. The molecule has 0 amide bonds. The number of aromatic hydroxyl groups is 1. The van der Waals surface area contributed by atoms with E-state index in [4.69, 9.17) is 11.6 Å². The molecule has 1 aliphatic rings. The van der Waals surface area contributed by atoms with E-state index < -0.39 is 0 Å². The Labute approximate surface area is 69.1 Å². The van der Waals surface area contributed by atoms with Gasteiger partial charge in [-0.1, -0.05) is 11.6 Å². The molecule has 0 atom stereocenters. The average Bonchev–Trinajstić information content (AvgIpc) is 2.36. The first-order valence-corrected chi connectivity index (χ1v) is 3.66. The fourth-order valence-electron chi connectivity index (χ4n) is 1.12. The lowest BCUT2D eigenvalue weighted by Crippen LogP contribution is -1.83. The second kappa shape index (κ2) is 2.24. The largest absolute Gasteiger partial charge is 0.506 e. The minimum Gasteiger partial charge on any atom is -0.506 e. The monoisotopic (exact) mass is 167 g/mol. The van der Waals surface area contributed by atoms with Crippen LogP contribution >= 0.6 is 11.6 Å². The summed E-state index contributed by atoms with van der Waals surface area (Å²) in [6.07, 6.45) is 1.76. The van der Waals surface area contributed by atoms with Gasteiger partial charge in [0.2, 0.25) is 0 Å². The Bertz CT molecular complexity index is 333. The van der Waals surface area contributed by atoms with E-state index in [1.54, 1.807) is 18.3 Å². The molecular formula is C8H6ClNO. The van der Waals surface area contributed by atoms with Crippen LogP contribution in [0.5, 0.6) is 5.75 Å². The van der Waals surface area contributed by atoms with Gasteiger partial charge in [0, 0.05) is 6.21 Å². The summed E-state index contributed by atoms with van der Waals surface area (Å²) in [7, 11) is 0. The SMILES string of the molecule is Oc1cc2c(cc1Cl)C=NC2. The molecule has 0 saturated heterocycles. The zero-order chi connectivity index (χ0) is 7.84. The molecule has 0 aliphatic carbocycles. The summed E-state index contributed by atoms with van der Waals surface area (Å²) in [4.78, 5) is 4.04. The number of nitrogens with zero attached hydrogens (tertiary/aromatic N) is 1. The number of benzene rings is 1. The van der Waals surface area contributed by atoms with Crippen LogP contribution in [0.3, 0.4) is 0 Å². The molecule has 1 aliphatic heterocycles. The van der Waals surface area contributed by atoms with Crippen molar-refractivity contribution in [1.29, 1.82) is 0 Å². The highest BCUT2D eigenvalue weighted by Crippen LogP contribution is 2.28. The summed E-state index contributed by atoms with van der Waals surface area (Å²) in [5, 5.41) is 9.58. The Hall–Kier alpha value is -1.02. The number of hydrogen-bond donors (Lipinski definition) is 1. The third-order valence-electron chi connectivity index (χ3n) is 1.70. The molecule has 1 N–H and O–H groups in total. The van der Waals surface area contributed by atoms with Gasteiger partial charge < -0.3 is 5.11 Å². The Balaban J connectivity index is 2.63. The Kier molecular flexibility index (Phi) is 1.36. The minimum atomic E-state index is 0.135. The number of rotatable bonds is 0. The van der Waals surface area contributed by atoms with Gasteiger partial charge in [0.15, 0.2) is 0 Å². The minimum absolute atomic E-state index is 0.135. The molecule has 1 aromatic carbocycles. The van der Waals surface area contributed by atoms with Crippen LogP contribution in [-0.2, 0) is 6.54 Å². The quantitative estimate of drug-likeness (QED) is 0.630. The second-order valence-corrected chi connectivity index (χ2v) is 2.88. The molecule has 0 aromatic heterocycles. The van der Waals surface area contributed by atoms with E-state index in [9.17, 15) is 5.11 Å². The highest BCUT2D eigenvalue weighted by Gasteiger charge is 2.09. The van der Waals surface area contributed by atoms with Gasteiger partial charge in [-0.15, -0.1) is 0 Å². The zero-order valence-corrected chi connectivity index (χ0v) is 6.47. The fourth-order valence-corrected chi connectivity index (χ4v) is 1.29. The van der Waals surface area contributed by atoms with Gasteiger partial charge in [-0.05, 0) is 23.3 Å². The maximum absolute atomic E-state index is 9.20. The summed E-state index contributed by atoms with van der Waals surface area (Å²) >= 11 is 5.68. The van der Waals surface area contributed by atoms with Crippen molar-refractivity contribution < 1.29 is 5.11 Å². The molecule has 0 spiro atoms. The van der Waals surface area contributed by atoms with E-state index in [1.807, 2.05) is 0 Å². The van der Waals surface area contributed by atoms with Crippen LogP contribution < -0.4 is 0 Å². The lowest BCUT2D eigenvalue weighted by Gasteiger charge is -1.99. The van der Waals surface area contributed by atoms with Crippen LogP contribution in [0.25, 0.3) is 0 Å². The molecular weight excluding hydrogens is 162 g/mol. The number of halogens is 1. The first kappa shape index (κ1) is 6.68. The Morgan fingerprint density at radius 1 is 1.45 bits per heavy atom. The summed E-state index contributed by atoms with van der Waals surface area (Å²) < 4.78 is 0. The third-order valence-corrected chi connectivity index (χ3v) is 2.00. The number of hydrogen-bond acceptors (Lipinski definition) is 2. The second-order valence-electron chi connectivity index (χ2n) is 2.47. The van der Waals surface area contributed by atoms with Crippen LogP contribution in [0.15, 0.2) is 17.1 Å². The number of fused-ring (bicyclic) bond motifs is 1. The highest BCUT2D eigenvalue weighted by molar-refractivity contribution is 6.32. The third kappa shape index (κ3) is 0.994. The lowest BCUT2D eigenvalue weighted by molar-refractivity contribution is 0.475. The van der Waals surface area contributed by atoms with Gasteiger partial charge in [-0.3, -0.25) is 4.99 Å². The summed E-state index contributed by atoms with van der Waals surface area (Å²) in [6, 6.07) is 3.38.